The van der Waals surface area contributed by atoms with Crippen LogP contribution in [0.2, 0.25) is 0 Å². The summed E-state index contributed by atoms with van der Waals surface area (Å²) in [6.45, 7) is 3.39. The largest absolute Gasteiger partial charge is 0.322 e. The number of imide groups is 1. The summed E-state index contributed by atoms with van der Waals surface area (Å²) in [4.78, 5) is 50.4. The Balaban J connectivity index is 1.33. The molecule has 6 rings (SSSR count). The Kier molecular flexibility index (Phi) is 5.10. The molecule has 1 aromatic carbocycles. The second kappa shape index (κ2) is 8.29. The quantitative estimate of drug-likeness (QED) is 0.608. The van der Waals surface area contributed by atoms with Crippen LogP contribution in [0.15, 0.2) is 42.6 Å². The van der Waals surface area contributed by atoms with Crippen molar-refractivity contribution in [2.24, 2.45) is 0 Å². The van der Waals surface area contributed by atoms with E-state index in [4.69, 9.17) is 4.98 Å². The Morgan fingerprint density at radius 3 is 2.74 bits per heavy atom. The van der Waals surface area contributed by atoms with Gasteiger partial charge in [-0.05, 0) is 73.8 Å². The molecule has 3 amide bonds. The molecule has 5 heterocycles. The summed E-state index contributed by atoms with van der Waals surface area (Å²) in [5.41, 5.74) is 6.21. The van der Waals surface area contributed by atoms with Gasteiger partial charge in [-0.25, -0.2) is 4.98 Å². The molecule has 0 aliphatic carbocycles. The van der Waals surface area contributed by atoms with Crippen LogP contribution >= 0.6 is 0 Å². The van der Waals surface area contributed by atoms with E-state index in [1.54, 1.807) is 4.90 Å². The van der Waals surface area contributed by atoms with Gasteiger partial charge >= 0.3 is 0 Å². The highest BCUT2D eigenvalue weighted by atomic mass is 16.2. The number of piperidine rings is 1. The maximum absolute atomic E-state index is 13.0. The number of carbonyl (C=O) groups excluding carboxylic acids is 3. The third-order valence-electron chi connectivity index (χ3n) is 7.05. The first kappa shape index (κ1) is 20.9. The van der Waals surface area contributed by atoms with Crippen molar-refractivity contribution in [3.05, 3.63) is 59.3 Å². The molecule has 172 valence electrons. The minimum Gasteiger partial charge on any atom is -0.322 e. The number of hydrogen-bond donors (Lipinski definition) is 1. The van der Waals surface area contributed by atoms with E-state index < -0.39 is 11.9 Å². The number of pyridine rings is 2. The fraction of sp³-hybridized carbons (Fsp3) is 0.346. The predicted molar refractivity (Wildman–Crippen MR) is 126 cm³/mol. The standard InChI is InChI=1S/C26H25N5O3/c32-23-8-7-22(25(33)29-23)31-15-17-12-16(5-6-19(17)26(31)34)21-13-18(14-30-10-1-2-11-30)24-20(28-21)4-3-9-27-24/h3-6,9,12-13,22H,1-2,7-8,10-11,14-15H2,(H,29,32,33). The highest BCUT2D eigenvalue weighted by Gasteiger charge is 2.39. The zero-order chi connectivity index (χ0) is 23.2. The van der Waals surface area contributed by atoms with Gasteiger partial charge in [-0.2, -0.15) is 0 Å². The van der Waals surface area contributed by atoms with Gasteiger partial charge in [-0.1, -0.05) is 6.07 Å². The van der Waals surface area contributed by atoms with Gasteiger partial charge in [-0.3, -0.25) is 29.6 Å². The van der Waals surface area contributed by atoms with E-state index in [2.05, 4.69) is 21.3 Å². The summed E-state index contributed by atoms with van der Waals surface area (Å²) in [6.07, 6.45) is 4.87. The van der Waals surface area contributed by atoms with E-state index in [-0.39, 0.29) is 18.2 Å². The van der Waals surface area contributed by atoms with E-state index in [0.29, 0.717) is 18.5 Å². The Bertz CT molecular complexity index is 1330. The number of nitrogens with zero attached hydrogens (tertiary/aromatic N) is 4. The number of carbonyl (C=O) groups is 3. The molecular formula is C26H25N5O3. The summed E-state index contributed by atoms with van der Waals surface area (Å²) < 4.78 is 0. The number of nitrogens with one attached hydrogen (secondary N) is 1. The first-order valence-corrected chi connectivity index (χ1v) is 11.8. The number of hydrogen-bond acceptors (Lipinski definition) is 6. The summed E-state index contributed by atoms with van der Waals surface area (Å²) in [5.74, 6) is -0.844. The lowest BCUT2D eigenvalue weighted by molar-refractivity contribution is -0.136. The molecule has 0 bridgehead atoms. The summed E-state index contributed by atoms with van der Waals surface area (Å²) in [5, 5.41) is 2.35. The lowest BCUT2D eigenvalue weighted by Crippen LogP contribution is -2.52. The van der Waals surface area contributed by atoms with Crippen molar-refractivity contribution >= 4 is 28.8 Å². The summed E-state index contributed by atoms with van der Waals surface area (Å²) in [7, 11) is 0. The molecule has 34 heavy (non-hydrogen) atoms. The first-order valence-electron chi connectivity index (χ1n) is 11.8. The number of fused-ring (bicyclic) bond motifs is 2. The van der Waals surface area contributed by atoms with Crippen LogP contribution in [0, 0.1) is 0 Å². The molecule has 8 nitrogen and oxygen atoms in total. The zero-order valence-electron chi connectivity index (χ0n) is 18.8. The molecule has 1 N–H and O–H groups in total. The van der Waals surface area contributed by atoms with Gasteiger partial charge < -0.3 is 4.90 Å². The molecule has 2 aromatic heterocycles. The lowest BCUT2D eigenvalue weighted by atomic mass is 10.0. The number of aromatic nitrogens is 2. The van der Waals surface area contributed by atoms with Gasteiger partial charge in [-0.15, -0.1) is 0 Å². The van der Waals surface area contributed by atoms with Crippen LogP contribution in [0.4, 0.5) is 0 Å². The fourth-order valence-electron chi connectivity index (χ4n) is 5.31. The van der Waals surface area contributed by atoms with Crippen LogP contribution in [0.3, 0.4) is 0 Å². The fourth-order valence-corrected chi connectivity index (χ4v) is 5.31. The van der Waals surface area contributed by atoms with Crippen molar-refractivity contribution in [3.8, 4) is 11.3 Å². The van der Waals surface area contributed by atoms with E-state index in [1.165, 1.54) is 12.8 Å². The van der Waals surface area contributed by atoms with Crippen molar-refractivity contribution in [2.45, 2.75) is 44.8 Å². The van der Waals surface area contributed by atoms with Gasteiger partial charge in [0.1, 0.15) is 6.04 Å². The zero-order valence-corrected chi connectivity index (χ0v) is 18.8. The van der Waals surface area contributed by atoms with Gasteiger partial charge in [0.2, 0.25) is 11.8 Å². The van der Waals surface area contributed by atoms with E-state index in [0.717, 1.165) is 53.1 Å². The molecule has 0 radical (unpaired) electrons. The summed E-state index contributed by atoms with van der Waals surface area (Å²) in [6, 6.07) is 11.1. The molecule has 0 saturated carbocycles. The SMILES string of the molecule is O=C1CCC(N2Cc3cc(-c4cc(CN5CCCC5)c5ncccc5n4)ccc3C2=O)C(=O)N1. The molecule has 2 fully saturated rings. The first-order chi connectivity index (χ1) is 16.6. The Morgan fingerprint density at radius 1 is 1.06 bits per heavy atom. The average Bonchev–Trinajstić information content (AvgIpc) is 3.46. The normalized spacial score (nSPS) is 20.8. The van der Waals surface area contributed by atoms with Gasteiger partial charge in [0.25, 0.3) is 5.91 Å². The van der Waals surface area contributed by atoms with Gasteiger partial charge in [0.15, 0.2) is 0 Å². The lowest BCUT2D eigenvalue weighted by Gasteiger charge is -2.29. The molecule has 8 heteroatoms. The Morgan fingerprint density at radius 2 is 1.91 bits per heavy atom. The molecule has 2 saturated heterocycles. The highest BCUT2D eigenvalue weighted by molar-refractivity contribution is 6.05. The van der Waals surface area contributed by atoms with Crippen molar-refractivity contribution in [2.75, 3.05) is 13.1 Å². The molecule has 3 aliphatic rings. The van der Waals surface area contributed by atoms with E-state index in [1.807, 2.05) is 36.5 Å². The molecule has 3 aromatic rings. The van der Waals surface area contributed by atoms with Crippen LogP contribution in [-0.4, -0.2) is 56.6 Å². The topological polar surface area (TPSA) is 95.5 Å². The maximum Gasteiger partial charge on any atom is 0.255 e. The Hall–Kier alpha value is -3.65. The summed E-state index contributed by atoms with van der Waals surface area (Å²) >= 11 is 0. The molecular weight excluding hydrogens is 430 g/mol. The van der Waals surface area contributed by atoms with Crippen LogP contribution in [0.1, 0.15) is 47.2 Å². The van der Waals surface area contributed by atoms with Crippen molar-refractivity contribution in [1.82, 2.24) is 25.1 Å². The van der Waals surface area contributed by atoms with Crippen molar-refractivity contribution < 1.29 is 14.4 Å². The number of rotatable bonds is 4. The third kappa shape index (κ3) is 3.64. The average molecular weight is 456 g/mol. The monoisotopic (exact) mass is 455 g/mol. The highest BCUT2D eigenvalue weighted by Crippen LogP contribution is 2.32. The minimum absolute atomic E-state index is 0.165. The molecule has 0 spiro atoms. The smallest absolute Gasteiger partial charge is 0.255 e. The van der Waals surface area contributed by atoms with Crippen molar-refractivity contribution in [3.63, 3.8) is 0 Å². The van der Waals surface area contributed by atoms with Crippen molar-refractivity contribution in [1.29, 1.82) is 0 Å². The Labute approximate surface area is 197 Å². The van der Waals surface area contributed by atoms with E-state index >= 15 is 0 Å². The second-order valence-electron chi connectivity index (χ2n) is 9.29. The number of benzene rings is 1. The van der Waals surface area contributed by atoms with Crippen LogP contribution < -0.4 is 5.32 Å². The van der Waals surface area contributed by atoms with Crippen LogP contribution in [0.25, 0.3) is 22.3 Å². The van der Waals surface area contributed by atoms with Crippen LogP contribution in [0.5, 0.6) is 0 Å². The predicted octanol–water partition coefficient (Wildman–Crippen LogP) is 2.65. The van der Waals surface area contributed by atoms with E-state index in [9.17, 15) is 14.4 Å². The molecule has 1 unspecified atom stereocenters. The minimum atomic E-state index is -0.613. The van der Waals surface area contributed by atoms with Gasteiger partial charge in [0, 0.05) is 36.8 Å². The molecule has 3 aliphatic heterocycles. The third-order valence-corrected chi connectivity index (χ3v) is 7.05. The van der Waals surface area contributed by atoms with Crippen LogP contribution in [-0.2, 0) is 22.7 Å². The maximum atomic E-state index is 13.0. The second-order valence-corrected chi connectivity index (χ2v) is 9.29. The van der Waals surface area contributed by atoms with Gasteiger partial charge in [0.05, 0.1) is 16.7 Å². The molecule has 1 atom stereocenters. The number of amides is 3. The number of likely N-dealkylation sites (tertiary alicyclic amines) is 1.